The minimum absolute atomic E-state index is 0.0107. The van der Waals surface area contributed by atoms with Gasteiger partial charge in [0.05, 0.1) is 11.2 Å². The Morgan fingerprint density at radius 2 is 2.04 bits per heavy atom. The molecular weight excluding hydrogens is 341 g/mol. The lowest BCUT2D eigenvalue weighted by Gasteiger charge is -2.18. The molecule has 2 aliphatic rings. The van der Waals surface area contributed by atoms with Crippen molar-refractivity contribution in [3.8, 4) is 11.1 Å². The molecule has 1 fully saturated rings. The molecule has 0 amide bonds. The van der Waals surface area contributed by atoms with E-state index in [1.54, 1.807) is 0 Å². The smallest absolute Gasteiger partial charge is 0.139 e. The Balaban J connectivity index is 1.70. The highest BCUT2D eigenvalue weighted by atomic mass is 19.1. The van der Waals surface area contributed by atoms with Crippen molar-refractivity contribution in [3.05, 3.63) is 47.4 Å². The molecule has 0 radical (unpaired) electrons. The second kappa shape index (κ2) is 5.91. The summed E-state index contributed by atoms with van der Waals surface area (Å²) in [5.74, 6) is 0.318. The zero-order valence-corrected chi connectivity index (χ0v) is 15.6. The molecule has 1 aliphatic heterocycles. The number of halogens is 1. The fourth-order valence-corrected chi connectivity index (χ4v) is 4.23. The monoisotopic (exact) mass is 363 g/mol. The Labute approximate surface area is 157 Å². The molecule has 1 aliphatic carbocycles. The van der Waals surface area contributed by atoms with Gasteiger partial charge in [-0.1, -0.05) is 6.07 Å². The van der Waals surface area contributed by atoms with Crippen LogP contribution >= 0.6 is 0 Å². The van der Waals surface area contributed by atoms with Crippen molar-refractivity contribution in [2.45, 2.75) is 44.6 Å². The van der Waals surface area contributed by atoms with Crippen molar-refractivity contribution in [1.82, 2.24) is 9.78 Å². The van der Waals surface area contributed by atoms with Crippen LogP contribution in [0.5, 0.6) is 0 Å². The Morgan fingerprint density at radius 1 is 1.22 bits per heavy atom. The molecule has 0 unspecified atom stereocenters. The maximum Gasteiger partial charge on any atom is 0.139 e. The lowest BCUT2D eigenvalue weighted by Crippen LogP contribution is -2.17. The third-order valence-corrected chi connectivity index (χ3v) is 5.71. The standard InChI is InChI=1S/C22H22FN3O/c1-12-9-15(27)11-17-19(23)7-6-16(22(17)24-12)14-5-8-20-18(10-14)21(13-3-4-13)25-26(20)2/h5-8,10,12-13,24H,3-4,9,11H2,1-2H3/t12-/m1/s1. The number of carbonyl (C=O) groups excluding carboxylic acids is 1. The highest BCUT2D eigenvalue weighted by Gasteiger charge is 2.29. The van der Waals surface area contributed by atoms with Crippen LogP contribution in [0.3, 0.4) is 0 Å². The minimum atomic E-state index is -0.315. The van der Waals surface area contributed by atoms with Crippen molar-refractivity contribution >= 4 is 22.4 Å². The van der Waals surface area contributed by atoms with E-state index in [-0.39, 0.29) is 24.1 Å². The van der Waals surface area contributed by atoms with E-state index in [0.717, 1.165) is 22.3 Å². The summed E-state index contributed by atoms with van der Waals surface area (Å²) in [6.07, 6.45) is 2.96. The van der Waals surface area contributed by atoms with Gasteiger partial charge in [0.1, 0.15) is 11.6 Å². The van der Waals surface area contributed by atoms with Crippen LogP contribution in [-0.2, 0) is 18.3 Å². The summed E-state index contributed by atoms with van der Waals surface area (Å²) >= 11 is 0. The van der Waals surface area contributed by atoms with E-state index < -0.39 is 0 Å². The van der Waals surface area contributed by atoms with Crippen molar-refractivity contribution in [3.63, 3.8) is 0 Å². The molecule has 5 rings (SSSR count). The van der Waals surface area contributed by atoms with E-state index in [2.05, 4.69) is 23.5 Å². The fourth-order valence-electron chi connectivity index (χ4n) is 4.23. The van der Waals surface area contributed by atoms with Crippen molar-refractivity contribution in [2.24, 2.45) is 7.05 Å². The topological polar surface area (TPSA) is 46.9 Å². The summed E-state index contributed by atoms with van der Waals surface area (Å²) in [5.41, 5.74) is 5.49. The number of anilines is 1. The number of hydrogen-bond acceptors (Lipinski definition) is 3. The number of Topliss-reactive ketones (excluding diaryl/α,β-unsaturated/α-hetero) is 1. The van der Waals surface area contributed by atoms with Gasteiger partial charge in [0.15, 0.2) is 0 Å². The summed E-state index contributed by atoms with van der Waals surface area (Å²) < 4.78 is 16.4. The van der Waals surface area contributed by atoms with Gasteiger partial charge in [0, 0.05) is 54.0 Å². The quantitative estimate of drug-likeness (QED) is 0.725. The van der Waals surface area contributed by atoms with E-state index in [9.17, 15) is 9.18 Å². The summed E-state index contributed by atoms with van der Waals surface area (Å²) in [6.45, 7) is 1.97. The molecule has 138 valence electrons. The van der Waals surface area contributed by atoms with Gasteiger partial charge in [-0.25, -0.2) is 4.39 Å². The van der Waals surface area contributed by atoms with Gasteiger partial charge in [-0.3, -0.25) is 9.48 Å². The molecule has 2 aromatic carbocycles. The fraction of sp³-hybridized carbons (Fsp3) is 0.364. The zero-order chi connectivity index (χ0) is 18.7. The number of nitrogens with one attached hydrogen (secondary N) is 1. The zero-order valence-electron chi connectivity index (χ0n) is 15.6. The first-order valence-corrected chi connectivity index (χ1v) is 9.58. The van der Waals surface area contributed by atoms with Crippen LogP contribution in [0.4, 0.5) is 10.1 Å². The second-order valence-corrected chi connectivity index (χ2v) is 7.93. The number of hydrogen-bond donors (Lipinski definition) is 1. The van der Waals surface area contributed by atoms with Crippen molar-refractivity contribution in [2.75, 3.05) is 5.32 Å². The van der Waals surface area contributed by atoms with Crippen LogP contribution in [0.15, 0.2) is 30.3 Å². The molecule has 1 saturated carbocycles. The van der Waals surface area contributed by atoms with Crippen LogP contribution in [0.25, 0.3) is 22.0 Å². The number of rotatable bonds is 2. The maximum atomic E-state index is 14.5. The number of nitrogens with zero attached hydrogens (tertiary/aromatic N) is 2. The van der Waals surface area contributed by atoms with E-state index in [1.165, 1.54) is 30.0 Å². The van der Waals surface area contributed by atoms with Gasteiger partial charge in [0.2, 0.25) is 0 Å². The highest BCUT2D eigenvalue weighted by Crippen LogP contribution is 2.44. The Morgan fingerprint density at radius 3 is 2.81 bits per heavy atom. The molecule has 0 saturated heterocycles. The third-order valence-electron chi connectivity index (χ3n) is 5.71. The van der Waals surface area contributed by atoms with Crippen LogP contribution < -0.4 is 5.32 Å². The molecule has 5 heteroatoms. The average molecular weight is 363 g/mol. The predicted molar refractivity (Wildman–Crippen MR) is 104 cm³/mol. The third kappa shape index (κ3) is 2.73. The molecule has 27 heavy (non-hydrogen) atoms. The summed E-state index contributed by atoms with van der Waals surface area (Å²) in [5, 5.41) is 9.28. The first kappa shape index (κ1) is 16.5. The lowest BCUT2D eigenvalue weighted by atomic mass is 9.96. The maximum absolute atomic E-state index is 14.5. The number of benzene rings is 2. The Kier molecular flexibility index (Phi) is 3.61. The Bertz CT molecular complexity index is 1080. The van der Waals surface area contributed by atoms with Gasteiger partial charge >= 0.3 is 0 Å². The first-order valence-electron chi connectivity index (χ1n) is 9.58. The van der Waals surface area contributed by atoms with E-state index in [4.69, 9.17) is 5.10 Å². The number of fused-ring (bicyclic) bond motifs is 2. The summed E-state index contributed by atoms with van der Waals surface area (Å²) in [6, 6.07) is 9.61. The molecule has 1 aromatic heterocycles. The normalized spacial score (nSPS) is 19.7. The van der Waals surface area contributed by atoms with Crippen LogP contribution in [0, 0.1) is 5.82 Å². The van der Waals surface area contributed by atoms with E-state index >= 15 is 0 Å². The minimum Gasteiger partial charge on any atom is -0.381 e. The van der Waals surface area contributed by atoms with Gasteiger partial charge < -0.3 is 5.32 Å². The van der Waals surface area contributed by atoms with E-state index in [1.807, 2.05) is 24.7 Å². The molecule has 4 nitrogen and oxygen atoms in total. The predicted octanol–water partition coefficient (Wildman–Crippen LogP) is 4.57. The molecular formula is C22H22FN3O. The van der Waals surface area contributed by atoms with Crippen molar-refractivity contribution < 1.29 is 9.18 Å². The Hall–Kier alpha value is -2.69. The molecule has 1 N–H and O–H groups in total. The van der Waals surface area contributed by atoms with Gasteiger partial charge in [-0.15, -0.1) is 0 Å². The van der Waals surface area contributed by atoms with Crippen molar-refractivity contribution in [1.29, 1.82) is 0 Å². The summed E-state index contributed by atoms with van der Waals surface area (Å²) in [4.78, 5) is 12.1. The molecule has 3 aromatic rings. The average Bonchev–Trinajstić information content (AvgIpc) is 3.43. The number of aromatic nitrogens is 2. The number of aryl methyl sites for hydroxylation is 1. The van der Waals surface area contributed by atoms with Gasteiger partial charge in [0.25, 0.3) is 0 Å². The highest BCUT2D eigenvalue weighted by molar-refractivity contribution is 5.93. The van der Waals surface area contributed by atoms with Crippen LogP contribution in [0.2, 0.25) is 0 Å². The van der Waals surface area contributed by atoms with Crippen LogP contribution in [0.1, 0.15) is 43.4 Å². The van der Waals surface area contributed by atoms with E-state index in [0.29, 0.717) is 17.9 Å². The lowest BCUT2D eigenvalue weighted by molar-refractivity contribution is -0.118. The van der Waals surface area contributed by atoms with Gasteiger partial charge in [-0.2, -0.15) is 5.10 Å². The molecule has 2 heterocycles. The van der Waals surface area contributed by atoms with Crippen LogP contribution in [-0.4, -0.2) is 21.6 Å². The first-order chi connectivity index (χ1) is 13.0. The number of carbonyl (C=O) groups is 1. The van der Waals surface area contributed by atoms with Gasteiger partial charge in [-0.05, 0) is 49.6 Å². The SMILES string of the molecule is C[C@@H]1CC(=O)Cc2c(F)ccc(-c3ccc4c(c3)c(C3CC3)nn4C)c2N1. The molecule has 0 spiro atoms. The summed E-state index contributed by atoms with van der Waals surface area (Å²) in [7, 11) is 1.98. The second-order valence-electron chi connectivity index (χ2n) is 7.93. The molecule has 0 bridgehead atoms. The largest absolute Gasteiger partial charge is 0.381 e. The molecule has 1 atom stereocenters. The number of ketones is 1.